The fourth-order valence-electron chi connectivity index (χ4n) is 2.01. The molecule has 106 valence electrons. The van der Waals surface area contributed by atoms with Crippen LogP contribution in [0.4, 0.5) is 11.5 Å². The van der Waals surface area contributed by atoms with Crippen LogP contribution in [-0.2, 0) is 0 Å². The molecule has 1 aromatic carbocycles. The van der Waals surface area contributed by atoms with Gasteiger partial charge in [-0.15, -0.1) is 0 Å². The number of carbonyl (C=O) groups is 1. The van der Waals surface area contributed by atoms with Gasteiger partial charge in [0.2, 0.25) is 0 Å². The number of aromatic carboxylic acids is 1. The molecule has 5 nitrogen and oxygen atoms in total. The SMILES string of the molecule is O=C(O)c1c(Nc2ccc(Br)cc2Br)nc2ccccn12. The molecule has 0 radical (unpaired) electrons. The first-order valence-corrected chi connectivity index (χ1v) is 7.57. The van der Waals surface area contributed by atoms with E-state index < -0.39 is 5.97 Å². The minimum absolute atomic E-state index is 0.0976. The quantitative estimate of drug-likeness (QED) is 0.675. The maximum absolute atomic E-state index is 11.5. The molecule has 0 atom stereocenters. The van der Waals surface area contributed by atoms with E-state index in [2.05, 4.69) is 42.2 Å². The van der Waals surface area contributed by atoms with E-state index in [9.17, 15) is 9.90 Å². The number of pyridine rings is 1. The Hall–Kier alpha value is -1.86. The first-order valence-electron chi connectivity index (χ1n) is 5.99. The van der Waals surface area contributed by atoms with E-state index in [4.69, 9.17) is 0 Å². The molecule has 2 N–H and O–H groups in total. The minimum atomic E-state index is -1.04. The van der Waals surface area contributed by atoms with Crippen molar-refractivity contribution < 1.29 is 9.90 Å². The lowest BCUT2D eigenvalue weighted by Crippen LogP contribution is -2.05. The second-order valence-corrected chi connectivity index (χ2v) is 6.06. The largest absolute Gasteiger partial charge is 0.476 e. The molecule has 7 heteroatoms. The van der Waals surface area contributed by atoms with Gasteiger partial charge in [-0.1, -0.05) is 22.0 Å². The number of aromatic nitrogens is 2. The first-order chi connectivity index (χ1) is 10.1. The number of carboxylic acid groups (broad SMARTS) is 1. The number of nitrogens with one attached hydrogen (secondary N) is 1. The van der Waals surface area contributed by atoms with E-state index in [1.54, 1.807) is 18.3 Å². The van der Waals surface area contributed by atoms with E-state index in [1.807, 2.05) is 24.3 Å². The number of imidazole rings is 1. The van der Waals surface area contributed by atoms with Crippen molar-refractivity contribution in [3.63, 3.8) is 0 Å². The number of anilines is 2. The number of fused-ring (bicyclic) bond motifs is 1. The van der Waals surface area contributed by atoms with Crippen LogP contribution in [0.1, 0.15) is 10.5 Å². The Labute approximate surface area is 136 Å². The molecule has 0 amide bonds. The average molecular weight is 411 g/mol. The van der Waals surface area contributed by atoms with Crippen molar-refractivity contribution in [3.05, 3.63) is 57.2 Å². The first kappa shape index (κ1) is 14.1. The third kappa shape index (κ3) is 2.66. The molecule has 21 heavy (non-hydrogen) atoms. The van der Waals surface area contributed by atoms with Gasteiger partial charge in [-0.25, -0.2) is 9.78 Å². The zero-order valence-corrected chi connectivity index (χ0v) is 13.7. The fraction of sp³-hybridized carbons (Fsp3) is 0. The van der Waals surface area contributed by atoms with Gasteiger partial charge in [0.25, 0.3) is 0 Å². The molecule has 0 aliphatic heterocycles. The number of carboxylic acids is 1. The number of nitrogens with zero attached hydrogens (tertiary/aromatic N) is 2. The van der Waals surface area contributed by atoms with Crippen LogP contribution in [0.5, 0.6) is 0 Å². The highest BCUT2D eigenvalue weighted by Gasteiger charge is 2.19. The Morgan fingerprint density at radius 3 is 2.76 bits per heavy atom. The summed E-state index contributed by atoms with van der Waals surface area (Å²) in [6.07, 6.45) is 1.67. The Balaban J connectivity index is 2.12. The van der Waals surface area contributed by atoms with Crippen molar-refractivity contribution in [2.45, 2.75) is 0 Å². The molecule has 0 aliphatic carbocycles. The van der Waals surface area contributed by atoms with Crippen LogP contribution < -0.4 is 5.32 Å². The molecular formula is C14H9Br2N3O2. The molecule has 3 aromatic rings. The fourth-order valence-corrected chi connectivity index (χ4v) is 3.15. The van der Waals surface area contributed by atoms with E-state index in [1.165, 1.54) is 4.40 Å². The van der Waals surface area contributed by atoms with Gasteiger partial charge in [0.15, 0.2) is 11.5 Å². The topological polar surface area (TPSA) is 66.6 Å². The van der Waals surface area contributed by atoms with E-state index in [0.29, 0.717) is 11.5 Å². The molecule has 0 fully saturated rings. The lowest BCUT2D eigenvalue weighted by molar-refractivity contribution is 0.0690. The number of hydrogen-bond donors (Lipinski definition) is 2. The van der Waals surface area contributed by atoms with Crippen LogP contribution in [0, 0.1) is 0 Å². The molecule has 3 rings (SSSR count). The van der Waals surface area contributed by atoms with Crippen molar-refractivity contribution in [2.75, 3.05) is 5.32 Å². The molecule has 2 aromatic heterocycles. The van der Waals surface area contributed by atoms with Crippen LogP contribution in [0.15, 0.2) is 51.5 Å². The molecule has 2 heterocycles. The summed E-state index contributed by atoms with van der Waals surface area (Å²) in [5.74, 6) is -0.735. The summed E-state index contributed by atoms with van der Waals surface area (Å²) in [6, 6.07) is 10.9. The summed E-state index contributed by atoms with van der Waals surface area (Å²) in [5, 5.41) is 12.5. The van der Waals surface area contributed by atoms with Crippen LogP contribution >= 0.6 is 31.9 Å². The summed E-state index contributed by atoms with van der Waals surface area (Å²) in [6.45, 7) is 0. The Kier molecular flexibility index (Phi) is 3.69. The summed E-state index contributed by atoms with van der Waals surface area (Å²) >= 11 is 6.81. The lowest BCUT2D eigenvalue weighted by atomic mass is 10.3. The predicted molar refractivity (Wildman–Crippen MR) is 87.3 cm³/mol. The van der Waals surface area contributed by atoms with E-state index in [0.717, 1.165) is 14.6 Å². The summed E-state index contributed by atoms with van der Waals surface area (Å²) in [7, 11) is 0. The highest BCUT2D eigenvalue weighted by Crippen LogP contribution is 2.30. The number of hydrogen-bond acceptors (Lipinski definition) is 3. The van der Waals surface area contributed by atoms with Crippen LogP contribution in [0.25, 0.3) is 5.65 Å². The predicted octanol–water partition coefficient (Wildman–Crippen LogP) is 4.30. The average Bonchev–Trinajstić information content (AvgIpc) is 2.80. The normalized spacial score (nSPS) is 10.8. The van der Waals surface area contributed by atoms with Gasteiger partial charge < -0.3 is 10.4 Å². The monoisotopic (exact) mass is 409 g/mol. The van der Waals surface area contributed by atoms with E-state index in [-0.39, 0.29) is 5.69 Å². The highest BCUT2D eigenvalue weighted by atomic mass is 79.9. The summed E-state index contributed by atoms with van der Waals surface area (Å²) in [5.41, 5.74) is 1.41. The Morgan fingerprint density at radius 2 is 2.05 bits per heavy atom. The summed E-state index contributed by atoms with van der Waals surface area (Å²) < 4.78 is 3.27. The van der Waals surface area contributed by atoms with Gasteiger partial charge in [-0.2, -0.15) is 0 Å². The van der Waals surface area contributed by atoms with Crippen molar-refractivity contribution in [2.24, 2.45) is 0 Å². The molecule has 0 spiro atoms. The third-order valence-electron chi connectivity index (χ3n) is 2.92. The standard InChI is InChI=1S/C14H9Br2N3O2/c15-8-4-5-10(9(16)7-8)17-13-12(14(20)21)19-6-2-1-3-11(19)18-13/h1-7,17H,(H,20,21). The van der Waals surface area contributed by atoms with Crippen molar-refractivity contribution in [1.29, 1.82) is 0 Å². The van der Waals surface area contributed by atoms with Gasteiger partial charge in [0.05, 0.1) is 5.69 Å². The smallest absolute Gasteiger partial charge is 0.356 e. The van der Waals surface area contributed by atoms with Gasteiger partial charge in [-0.3, -0.25) is 4.40 Å². The van der Waals surface area contributed by atoms with Gasteiger partial charge >= 0.3 is 5.97 Å². The second-order valence-electron chi connectivity index (χ2n) is 4.29. The van der Waals surface area contributed by atoms with Gasteiger partial charge in [-0.05, 0) is 46.3 Å². The third-order valence-corrected chi connectivity index (χ3v) is 4.07. The summed E-state index contributed by atoms with van der Waals surface area (Å²) in [4.78, 5) is 15.8. The molecule has 0 bridgehead atoms. The zero-order chi connectivity index (χ0) is 15.0. The lowest BCUT2D eigenvalue weighted by Gasteiger charge is -2.07. The molecule has 0 unspecified atom stereocenters. The Bertz CT molecular complexity index is 845. The number of halogens is 2. The van der Waals surface area contributed by atoms with Crippen LogP contribution in [-0.4, -0.2) is 20.5 Å². The van der Waals surface area contributed by atoms with Gasteiger partial charge in [0, 0.05) is 15.1 Å². The zero-order valence-electron chi connectivity index (χ0n) is 10.5. The highest BCUT2D eigenvalue weighted by molar-refractivity contribution is 9.11. The number of rotatable bonds is 3. The molecule has 0 saturated heterocycles. The van der Waals surface area contributed by atoms with Gasteiger partial charge in [0.1, 0.15) is 5.65 Å². The minimum Gasteiger partial charge on any atom is -0.476 e. The second kappa shape index (κ2) is 5.50. The van der Waals surface area contributed by atoms with Crippen LogP contribution in [0.2, 0.25) is 0 Å². The maximum atomic E-state index is 11.5. The molecule has 0 aliphatic rings. The van der Waals surface area contributed by atoms with Crippen molar-refractivity contribution in [1.82, 2.24) is 9.38 Å². The molecular weight excluding hydrogens is 402 g/mol. The van der Waals surface area contributed by atoms with E-state index >= 15 is 0 Å². The number of benzene rings is 1. The maximum Gasteiger partial charge on any atom is 0.356 e. The molecule has 0 saturated carbocycles. The van der Waals surface area contributed by atoms with Crippen LogP contribution in [0.3, 0.4) is 0 Å². The van der Waals surface area contributed by atoms with Crippen molar-refractivity contribution in [3.8, 4) is 0 Å². The van der Waals surface area contributed by atoms with Crippen molar-refractivity contribution >= 4 is 55.0 Å². The Morgan fingerprint density at radius 1 is 1.24 bits per heavy atom.